The maximum absolute atomic E-state index is 13.6. The summed E-state index contributed by atoms with van der Waals surface area (Å²) >= 11 is 0. The van der Waals surface area contributed by atoms with Crippen molar-refractivity contribution in [1.82, 2.24) is 0 Å². The van der Waals surface area contributed by atoms with Crippen LogP contribution in [0.1, 0.15) is 11.1 Å². The van der Waals surface area contributed by atoms with Gasteiger partial charge in [0.2, 0.25) is 0 Å². The van der Waals surface area contributed by atoms with Gasteiger partial charge < -0.3 is 10.5 Å². The van der Waals surface area contributed by atoms with E-state index in [-0.39, 0.29) is 5.56 Å². The maximum Gasteiger partial charge on any atom is 0.198 e. The molecule has 0 amide bonds. The lowest BCUT2D eigenvalue weighted by Gasteiger charge is -2.08. The summed E-state index contributed by atoms with van der Waals surface area (Å²) in [5.41, 5.74) is 6.23. The Kier molecular flexibility index (Phi) is 3.74. The van der Waals surface area contributed by atoms with Gasteiger partial charge in [-0.1, -0.05) is 12.1 Å². The molecule has 2 N–H and O–H groups in total. The van der Waals surface area contributed by atoms with Crippen molar-refractivity contribution in [3.05, 3.63) is 59.2 Å². The Morgan fingerprint density at radius 2 is 1.68 bits per heavy atom. The maximum atomic E-state index is 13.6. The quantitative estimate of drug-likeness (QED) is 0.922. The summed E-state index contributed by atoms with van der Waals surface area (Å²) in [5, 5.41) is 8.59. The highest BCUT2D eigenvalue weighted by Gasteiger charge is 2.13. The predicted octanol–water partition coefficient (Wildman–Crippen LogP) is 3.09. The highest BCUT2D eigenvalue weighted by molar-refractivity contribution is 5.40. The van der Waals surface area contributed by atoms with Gasteiger partial charge in [0.15, 0.2) is 17.4 Å². The van der Waals surface area contributed by atoms with Crippen LogP contribution in [-0.2, 0) is 6.54 Å². The summed E-state index contributed by atoms with van der Waals surface area (Å²) < 4.78 is 32.3. The molecule has 0 aliphatic carbocycles. The number of benzene rings is 2. The van der Waals surface area contributed by atoms with Crippen molar-refractivity contribution in [3.63, 3.8) is 0 Å². The minimum absolute atomic E-state index is 0.0965. The average Bonchev–Trinajstić information content (AvgIpc) is 2.43. The van der Waals surface area contributed by atoms with Crippen LogP contribution in [-0.4, -0.2) is 0 Å². The van der Waals surface area contributed by atoms with Gasteiger partial charge in [0.25, 0.3) is 0 Å². The largest absolute Gasteiger partial charge is 0.451 e. The Labute approximate surface area is 108 Å². The van der Waals surface area contributed by atoms with Crippen LogP contribution in [0.3, 0.4) is 0 Å². The van der Waals surface area contributed by atoms with Crippen LogP contribution in [0.5, 0.6) is 11.5 Å². The number of ether oxygens (including phenoxy) is 1. The van der Waals surface area contributed by atoms with Crippen molar-refractivity contribution >= 4 is 0 Å². The van der Waals surface area contributed by atoms with Crippen molar-refractivity contribution in [2.75, 3.05) is 0 Å². The van der Waals surface area contributed by atoms with Crippen molar-refractivity contribution in [2.24, 2.45) is 5.73 Å². The highest BCUT2D eigenvalue weighted by Crippen LogP contribution is 2.28. The molecule has 0 unspecified atom stereocenters. The number of nitrogens with zero attached hydrogens (tertiary/aromatic N) is 1. The highest BCUT2D eigenvalue weighted by atomic mass is 19.1. The first-order chi connectivity index (χ1) is 9.13. The van der Waals surface area contributed by atoms with E-state index in [1.807, 2.05) is 0 Å². The third-order valence-electron chi connectivity index (χ3n) is 2.51. The van der Waals surface area contributed by atoms with E-state index in [1.54, 1.807) is 30.3 Å². The molecule has 0 fully saturated rings. The Hall–Kier alpha value is -2.45. The number of hydrogen-bond donors (Lipinski definition) is 1. The molecule has 0 radical (unpaired) electrons. The molecule has 0 bridgehead atoms. The molecular weight excluding hydrogens is 250 g/mol. The van der Waals surface area contributed by atoms with Crippen LogP contribution in [0.4, 0.5) is 8.78 Å². The Morgan fingerprint density at radius 1 is 1.11 bits per heavy atom. The van der Waals surface area contributed by atoms with Crippen molar-refractivity contribution < 1.29 is 13.5 Å². The predicted molar refractivity (Wildman–Crippen MR) is 65.5 cm³/mol. The SMILES string of the molecule is N#Cc1cc(F)c(Oc2ccc(CN)cc2)c(F)c1. The van der Waals surface area contributed by atoms with Crippen molar-refractivity contribution in [3.8, 4) is 17.6 Å². The minimum atomic E-state index is -0.917. The number of hydrogen-bond acceptors (Lipinski definition) is 3. The Bertz CT molecular complexity index is 610. The van der Waals surface area contributed by atoms with Crippen molar-refractivity contribution in [1.29, 1.82) is 5.26 Å². The molecule has 2 aromatic carbocycles. The first-order valence-corrected chi connectivity index (χ1v) is 5.50. The number of nitrogens with two attached hydrogens (primary N) is 1. The summed E-state index contributed by atoms with van der Waals surface area (Å²) in [6.45, 7) is 0.375. The Morgan fingerprint density at radius 3 is 2.16 bits per heavy atom. The molecule has 0 saturated heterocycles. The van der Waals surface area contributed by atoms with Gasteiger partial charge >= 0.3 is 0 Å². The molecule has 2 rings (SSSR count). The number of rotatable bonds is 3. The summed E-state index contributed by atoms with van der Waals surface area (Å²) in [7, 11) is 0. The zero-order valence-corrected chi connectivity index (χ0v) is 9.86. The van der Waals surface area contributed by atoms with E-state index in [2.05, 4.69) is 0 Å². The summed E-state index contributed by atoms with van der Waals surface area (Å²) in [6, 6.07) is 10.1. The van der Waals surface area contributed by atoms with Gasteiger partial charge in [-0.05, 0) is 29.8 Å². The van der Waals surface area contributed by atoms with Crippen LogP contribution in [0, 0.1) is 23.0 Å². The van der Waals surface area contributed by atoms with E-state index >= 15 is 0 Å². The van der Waals surface area contributed by atoms with Crippen LogP contribution in [0.15, 0.2) is 36.4 Å². The Balaban J connectivity index is 2.30. The molecule has 5 heteroatoms. The molecule has 0 aliphatic heterocycles. The van der Waals surface area contributed by atoms with E-state index in [9.17, 15) is 8.78 Å². The van der Waals surface area contributed by atoms with Crippen LogP contribution in [0.25, 0.3) is 0 Å². The molecule has 19 heavy (non-hydrogen) atoms. The lowest BCUT2D eigenvalue weighted by atomic mass is 10.2. The fourth-order valence-corrected chi connectivity index (χ4v) is 1.53. The third kappa shape index (κ3) is 2.87. The molecule has 2 aromatic rings. The summed E-state index contributed by atoms with van der Waals surface area (Å²) in [6.07, 6.45) is 0. The first kappa shape index (κ1) is 13.0. The minimum Gasteiger partial charge on any atom is -0.451 e. The second-order valence-electron chi connectivity index (χ2n) is 3.83. The number of nitriles is 1. The standard InChI is InChI=1S/C14H10F2N2O/c15-12-5-10(8-18)6-13(16)14(12)19-11-3-1-9(7-17)2-4-11/h1-6H,7,17H2. The second kappa shape index (κ2) is 5.46. The normalized spacial score (nSPS) is 10.0. The molecule has 96 valence electrons. The monoisotopic (exact) mass is 260 g/mol. The smallest absolute Gasteiger partial charge is 0.198 e. The van der Waals surface area contributed by atoms with E-state index in [0.717, 1.165) is 17.7 Å². The molecule has 0 atom stereocenters. The topological polar surface area (TPSA) is 59.0 Å². The molecule has 0 aliphatic rings. The van der Waals surface area contributed by atoms with Crippen LogP contribution < -0.4 is 10.5 Å². The van der Waals surface area contributed by atoms with Crippen molar-refractivity contribution in [2.45, 2.75) is 6.54 Å². The van der Waals surface area contributed by atoms with Crippen LogP contribution in [0.2, 0.25) is 0 Å². The molecular formula is C14H10F2N2O. The molecule has 0 saturated carbocycles. The second-order valence-corrected chi connectivity index (χ2v) is 3.83. The van der Waals surface area contributed by atoms with Gasteiger partial charge in [-0.2, -0.15) is 5.26 Å². The number of halogens is 2. The van der Waals surface area contributed by atoms with Gasteiger partial charge in [0.1, 0.15) is 5.75 Å². The fraction of sp³-hybridized carbons (Fsp3) is 0.0714. The zero-order valence-electron chi connectivity index (χ0n) is 9.86. The van der Waals surface area contributed by atoms with Gasteiger partial charge in [-0.15, -0.1) is 0 Å². The van der Waals surface area contributed by atoms with Gasteiger partial charge in [0, 0.05) is 6.54 Å². The van der Waals surface area contributed by atoms with Gasteiger partial charge in [0.05, 0.1) is 11.6 Å². The lowest BCUT2D eigenvalue weighted by Crippen LogP contribution is -1.97. The zero-order chi connectivity index (χ0) is 13.8. The molecule has 0 heterocycles. The van der Waals surface area contributed by atoms with Gasteiger partial charge in [-0.3, -0.25) is 0 Å². The molecule has 3 nitrogen and oxygen atoms in total. The molecule has 0 spiro atoms. The molecule has 0 aromatic heterocycles. The lowest BCUT2D eigenvalue weighted by molar-refractivity contribution is 0.407. The third-order valence-corrected chi connectivity index (χ3v) is 2.51. The summed E-state index contributed by atoms with van der Waals surface area (Å²) in [4.78, 5) is 0. The average molecular weight is 260 g/mol. The van der Waals surface area contributed by atoms with E-state index in [4.69, 9.17) is 15.7 Å². The van der Waals surface area contributed by atoms with E-state index < -0.39 is 17.4 Å². The van der Waals surface area contributed by atoms with Gasteiger partial charge in [-0.25, -0.2) is 8.78 Å². The fourth-order valence-electron chi connectivity index (χ4n) is 1.53. The summed E-state index contributed by atoms with van der Waals surface area (Å²) in [5.74, 6) is -2.07. The first-order valence-electron chi connectivity index (χ1n) is 5.50. The van der Waals surface area contributed by atoms with Crippen LogP contribution >= 0.6 is 0 Å². The van der Waals surface area contributed by atoms with E-state index in [1.165, 1.54) is 0 Å². The van der Waals surface area contributed by atoms with E-state index in [0.29, 0.717) is 12.3 Å².